The Morgan fingerprint density at radius 1 is 1.33 bits per heavy atom. The first kappa shape index (κ1) is 11.8. The Labute approximate surface area is 90.8 Å². The van der Waals surface area contributed by atoms with E-state index < -0.39 is 14.3 Å². The van der Waals surface area contributed by atoms with Crippen LogP contribution in [0.1, 0.15) is 15.9 Å². The van der Waals surface area contributed by atoms with Crippen molar-refractivity contribution >= 4 is 14.3 Å². The highest BCUT2D eigenvalue weighted by Crippen LogP contribution is 2.24. The maximum absolute atomic E-state index is 10.9. The lowest BCUT2D eigenvalue weighted by atomic mass is 10.1. The van der Waals surface area contributed by atoms with Crippen LogP contribution < -0.4 is 4.43 Å². The van der Waals surface area contributed by atoms with Crippen LogP contribution in [0.15, 0.2) is 18.2 Å². The summed E-state index contributed by atoms with van der Waals surface area (Å²) in [6, 6.07) is 5.13. The van der Waals surface area contributed by atoms with Gasteiger partial charge < -0.3 is 9.53 Å². The smallest absolute Gasteiger partial charge is 0.336 e. The van der Waals surface area contributed by atoms with Gasteiger partial charge >= 0.3 is 5.97 Å². The summed E-state index contributed by atoms with van der Waals surface area (Å²) in [5.74, 6) is -0.220. The molecule has 0 amide bonds. The highest BCUT2D eigenvalue weighted by atomic mass is 28.4. The molecule has 0 unspecified atom stereocenters. The lowest BCUT2D eigenvalue weighted by Crippen LogP contribution is -2.29. The van der Waals surface area contributed by atoms with Crippen LogP contribution >= 0.6 is 0 Å². The van der Waals surface area contributed by atoms with Crippen LogP contribution in [0.3, 0.4) is 0 Å². The predicted octanol–water partition coefficient (Wildman–Crippen LogP) is 2.91. The van der Waals surface area contributed by atoms with Crippen LogP contribution in [0, 0.1) is 6.92 Å². The van der Waals surface area contributed by atoms with Crippen LogP contribution in [0.25, 0.3) is 0 Å². The number of carbonyl (C=O) groups is 1. The molecule has 0 aromatic heterocycles. The topological polar surface area (TPSA) is 46.5 Å². The van der Waals surface area contributed by atoms with Crippen molar-refractivity contribution in [3.8, 4) is 5.75 Å². The zero-order valence-corrected chi connectivity index (χ0v) is 10.5. The van der Waals surface area contributed by atoms with Crippen molar-refractivity contribution < 1.29 is 14.3 Å². The first-order valence-electron chi connectivity index (χ1n) is 4.83. The molecule has 0 bridgehead atoms. The van der Waals surface area contributed by atoms with Gasteiger partial charge in [-0.15, -0.1) is 0 Å². The third-order valence-electron chi connectivity index (χ3n) is 1.93. The van der Waals surface area contributed by atoms with Gasteiger partial charge in [0, 0.05) is 5.56 Å². The molecule has 1 aromatic carbocycles. The van der Waals surface area contributed by atoms with E-state index in [2.05, 4.69) is 19.6 Å². The van der Waals surface area contributed by atoms with Gasteiger partial charge in [0.1, 0.15) is 5.75 Å². The fraction of sp³-hybridized carbons (Fsp3) is 0.364. The Balaban J connectivity index is 3.10. The van der Waals surface area contributed by atoms with Crippen molar-refractivity contribution in [2.75, 3.05) is 0 Å². The summed E-state index contributed by atoms with van der Waals surface area (Å²) in [5.41, 5.74) is 1.01. The zero-order chi connectivity index (χ0) is 11.6. The maximum Gasteiger partial charge on any atom is 0.336 e. The second-order valence-corrected chi connectivity index (χ2v) is 8.88. The molecule has 1 N–H and O–H groups in total. The molecule has 0 radical (unpaired) electrons. The largest absolute Gasteiger partial charge is 0.544 e. The van der Waals surface area contributed by atoms with E-state index in [1.807, 2.05) is 6.07 Å². The first-order chi connectivity index (χ1) is 6.81. The van der Waals surface area contributed by atoms with E-state index in [9.17, 15) is 4.79 Å². The molecular weight excluding hydrogens is 208 g/mol. The number of benzene rings is 1. The van der Waals surface area contributed by atoms with Gasteiger partial charge in [-0.2, -0.15) is 0 Å². The van der Waals surface area contributed by atoms with E-state index in [0.29, 0.717) is 16.9 Å². The summed E-state index contributed by atoms with van der Waals surface area (Å²) in [5, 5.41) is 8.94. The molecule has 4 heteroatoms. The Bertz CT molecular complexity index is 380. The van der Waals surface area contributed by atoms with Gasteiger partial charge in [-0.1, -0.05) is 6.07 Å². The quantitative estimate of drug-likeness (QED) is 0.803. The van der Waals surface area contributed by atoms with Crippen molar-refractivity contribution in [3.05, 3.63) is 29.3 Å². The Hall–Kier alpha value is -1.29. The lowest BCUT2D eigenvalue weighted by Gasteiger charge is -2.21. The molecular formula is C11H16O3Si. The summed E-state index contributed by atoms with van der Waals surface area (Å²) in [6.07, 6.45) is 0. The van der Waals surface area contributed by atoms with Crippen molar-refractivity contribution in [1.29, 1.82) is 0 Å². The SMILES string of the molecule is Cc1c(O[Si](C)(C)C)cccc1C(=O)O. The van der Waals surface area contributed by atoms with Gasteiger partial charge in [-0.3, -0.25) is 0 Å². The number of hydrogen-bond acceptors (Lipinski definition) is 2. The Morgan fingerprint density at radius 3 is 2.40 bits per heavy atom. The van der Waals surface area contributed by atoms with Crippen LogP contribution in [-0.4, -0.2) is 19.4 Å². The van der Waals surface area contributed by atoms with E-state index in [1.165, 1.54) is 0 Å². The monoisotopic (exact) mass is 224 g/mol. The van der Waals surface area contributed by atoms with Crippen LogP contribution in [0.5, 0.6) is 5.75 Å². The van der Waals surface area contributed by atoms with Gasteiger partial charge in [0.05, 0.1) is 5.56 Å². The molecule has 0 fully saturated rings. The average Bonchev–Trinajstić information content (AvgIpc) is 2.05. The van der Waals surface area contributed by atoms with E-state index in [1.54, 1.807) is 19.1 Å². The molecule has 0 saturated carbocycles. The van der Waals surface area contributed by atoms with Crippen molar-refractivity contribution in [1.82, 2.24) is 0 Å². The standard InChI is InChI=1S/C11H16O3Si/c1-8-9(11(12)13)6-5-7-10(8)14-15(2,3)4/h5-7H,1-4H3,(H,12,13). The number of carboxylic acids is 1. The molecule has 0 aliphatic heterocycles. The van der Waals surface area contributed by atoms with Crippen LogP contribution in [0.4, 0.5) is 0 Å². The van der Waals surface area contributed by atoms with Crippen molar-refractivity contribution in [2.45, 2.75) is 26.6 Å². The normalized spacial score (nSPS) is 11.2. The fourth-order valence-corrected chi connectivity index (χ4v) is 2.17. The molecule has 0 aliphatic carbocycles. The van der Waals surface area contributed by atoms with E-state index in [-0.39, 0.29) is 0 Å². The molecule has 0 heterocycles. The average molecular weight is 224 g/mol. The van der Waals surface area contributed by atoms with E-state index in [0.717, 1.165) is 0 Å². The molecule has 15 heavy (non-hydrogen) atoms. The molecule has 0 atom stereocenters. The third kappa shape index (κ3) is 3.09. The van der Waals surface area contributed by atoms with E-state index >= 15 is 0 Å². The molecule has 3 nitrogen and oxygen atoms in total. The molecule has 1 aromatic rings. The predicted molar refractivity (Wildman–Crippen MR) is 62.1 cm³/mol. The first-order valence-corrected chi connectivity index (χ1v) is 8.24. The molecule has 0 saturated heterocycles. The van der Waals surface area contributed by atoms with Gasteiger partial charge in [0.15, 0.2) is 0 Å². The number of carboxylic acid groups (broad SMARTS) is 1. The minimum Gasteiger partial charge on any atom is -0.544 e. The number of hydrogen-bond donors (Lipinski definition) is 1. The number of rotatable bonds is 3. The Kier molecular flexibility index (Phi) is 3.19. The Morgan fingerprint density at radius 2 is 1.93 bits per heavy atom. The summed E-state index contributed by atoms with van der Waals surface area (Å²) >= 11 is 0. The summed E-state index contributed by atoms with van der Waals surface area (Å²) in [4.78, 5) is 10.9. The molecule has 0 aliphatic rings. The number of aromatic carboxylic acids is 1. The van der Waals surface area contributed by atoms with E-state index in [4.69, 9.17) is 9.53 Å². The van der Waals surface area contributed by atoms with Crippen molar-refractivity contribution in [2.24, 2.45) is 0 Å². The zero-order valence-electron chi connectivity index (χ0n) is 9.50. The summed E-state index contributed by atoms with van der Waals surface area (Å²) in [6.45, 7) is 7.98. The minimum atomic E-state index is -1.68. The van der Waals surface area contributed by atoms with Crippen LogP contribution in [-0.2, 0) is 0 Å². The van der Waals surface area contributed by atoms with Gasteiger partial charge in [-0.25, -0.2) is 4.79 Å². The highest BCUT2D eigenvalue weighted by Gasteiger charge is 2.19. The van der Waals surface area contributed by atoms with Crippen LogP contribution in [0.2, 0.25) is 19.6 Å². The molecule has 1 rings (SSSR count). The second-order valence-electron chi connectivity index (χ2n) is 4.45. The minimum absolute atomic E-state index is 0.311. The third-order valence-corrected chi connectivity index (χ3v) is 2.76. The van der Waals surface area contributed by atoms with Gasteiger partial charge in [-0.05, 0) is 38.7 Å². The maximum atomic E-state index is 10.9. The summed E-state index contributed by atoms with van der Waals surface area (Å²) < 4.78 is 5.80. The summed E-state index contributed by atoms with van der Waals surface area (Å²) in [7, 11) is -1.68. The highest BCUT2D eigenvalue weighted by molar-refractivity contribution is 6.70. The van der Waals surface area contributed by atoms with Gasteiger partial charge in [0.2, 0.25) is 8.32 Å². The second kappa shape index (κ2) is 4.06. The molecule has 0 spiro atoms. The lowest BCUT2D eigenvalue weighted by molar-refractivity contribution is 0.0695. The fourth-order valence-electron chi connectivity index (χ4n) is 1.29. The van der Waals surface area contributed by atoms with Crippen molar-refractivity contribution in [3.63, 3.8) is 0 Å². The van der Waals surface area contributed by atoms with Gasteiger partial charge in [0.25, 0.3) is 0 Å². The molecule has 82 valence electrons.